The SMILES string of the molecule is [CH2-]CC.[CH2-]Oc1cccc([N+](=O)[O-])c1.[Y]. The van der Waals surface area contributed by atoms with E-state index in [1.165, 1.54) is 12.1 Å². The smallest absolute Gasteiger partial charge is 0.273 e. The van der Waals surface area contributed by atoms with Gasteiger partial charge in [0, 0.05) is 38.8 Å². The van der Waals surface area contributed by atoms with Crippen LogP contribution in [0.4, 0.5) is 5.69 Å². The fourth-order valence-corrected chi connectivity index (χ4v) is 0.687. The van der Waals surface area contributed by atoms with Crippen molar-refractivity contribution in [1.82, 2.24) is 0 Å². The van der Waals surface area contributed by atoms with Gasteiger partial charge in [0.2, 0.25) is 0 Å². The van der Waals surface area contributed by atoms with Crippen LogP contribution in [0, 0.1) is 24.1 Å². The van der Waals surface area contributed by atoms with Gasteiger partial charge in [-0.15, -0.1) is 0 Å². The molecular formula is C10H13NO3Y-2. The predicted octanol–water partition coefficient (Wildman–Crippen LogP) is 2.99. The van der Waals surface area contributed by atoms with Crippen molar-refractivity contribution >= 4 is 5.69 Å². The van der Waals surface area contributed by atoms with Crippen LogP contribution in [0.15, 0.2) is 24.3 Å². The van der Waals surface area contributed by atoms with E-state index in [1.54, 1.807) is 12.1 Å². The Labute approximate surface area is 115 Å². The van der Waals surface area contributed by atoms with E-state index in [2.05, 4.69) is 18.8 Å². The first-order valence-corrected chi connectivity index (χ1v) is 4.11. The van der Waals surface area contributed by atoms with Crippen molar-refractivity contribution in [3.8, 4) is 5.75 Å². The van der Waals surface area contributed by atoms with Gasteiger partial charge in [-0.3, -0.25) is 10.1 Å². The van der Waals surface area contributed by atoms with Gasteiger partial charge in [-0.25, -0.2) is 0 Å². The third kappa shape index (κ3) is 7.45. The molecule has 1 rings (SSSR count). The molecule has 1 aromatic carbocycles. The molecule has 0 unspecified atom stereocenters. The summed E-state index contributed by atoms with van der Waals surface area (Å²) < 4.78 is 4.55. The largest absolute Gasteiger partial charge is 0.665 e. The average Bonchev–Trinajstić information content (AvgIpc) is 2.19. The van der Waals surface area contributed by atoms with E-state index in [4.69, 9.17) is 0 Å². The van der Waals surface area contributed by atoms with Crippen LogP contribution in [0.2, 0.25) is 0 Å². The molecule has 0 aliphatic carbocycles. The van der Waals surface area contributed by atoms with E-state index < -0.39 is 4.92 Å². The van der Waals surface area contributed by atoms with Gasteiger partial charge in [0.15, 0.2) is 0 Å². The molecule has 0 amide bonds. The standard InChI is InChI=1S/C7H6NO3.C3H7.Y/c1-11-7-4-2-3-6(5-7)8(9)10;1-3-2;/h2-5H,1H2;1,3H2,2H3;/q2*-1;. The Kier molecular flexibility index (Phi) is 11.4. The third-order valence-electron chi connectivity index (χ3n) is 1.20. The van der Waals surface area contributed by atoms with Crippen LogP contribution < -0.4 is 4.74 Å². The molecular weight excluding hydrogens is 271 g/mol. The molecule has 0 saturated heterocycles. The summed E-state index contributed by atoms with van der Waals surface area (Å²) in [6, 6.07) is 5.84. The maximum atomic E-state index is 10.2. The fraction of sp³-hybridized carbons (Fsp3) is 0.200. The Hall–Kier alpha value is -0.476. The van der Waals surface area contributed by atoms with Gasteiger partial charge in [-0.2, -0.15) is 13.5 Å². The number of benzene rings is 1. The summed E-state index contributed by atoms with van der Waals surface area (Å²) in [5, 5.41) is 10.2. The Morgan fingerprint density at radius 3 is 2.47 bits per heavy atom. The molecule has 5 heteroatoms. The van der Waals surface area contributed by atoms with Crippen LogP contribution in [0.25, 0.3) is 0 Å². The van der Waals surface area contributed by atoms with Crippen LogP contribution in [0.5, 0.6) is 5.75 Å². The number of non-ortho nitro benzene ring substituents is 1. The zero-order chi connectivity index (χ0) is 11.0. The Bertz CT molecular complexity index is 292. The summed E-state index contributed by atoms with van der Waals surface area (Å²) in [5.41, 5.74) is 0.00569. The fourth-order valence-electron chi connectivity index (χ4n) is 0.687. The van der Waals surface area contributed by atoms with Gasteiger partial charge in [-0.05, 0) is 6.07 Å². The van der Waals surface area contributed by atoms with Crippen LogP contribution in [-0.2, 0) is 32.7 Å². The molecule has 0 aliphatic rings. The zero-order valence-corrected chi connectivity index (χ0v) is 11.5. The normalized spacial score (nSPS) is 7.93. The second kappa shape index (κ2) is 10.1. The minimum atomic E-state index is -0.484. The number of hydrogen-bond acceptors (Lipinski definition) is 3. The van der Waals surface area contributed by atoms with E-state index in [9.17, 15) is 10.1 Å². The Morgan fingerprint density at radius 2 is 2.07 bits per heavy atom. The molecule has 0 N–H and O–H groups in total. The molecule has 0 fully saturated rings. The van der Waals surface area contributed by atoms with Crippen LogP contribution in [0.1, 0.15) is 13.3 Å². The zero-order valence-electron chi connectivity index (χ0n) is 8.68. The third-order valence-corrected chi connectivity index (χ3v) is 1.20. The molecule has 1 radical (unpaired) electrons. The molecule has 0 heterocycles. The van der Waals surface area contributed by atoms with E-state index in [0.29, 0.717) is 5.75 Å². The summed E-state index contributed by atoms with van der Waals surface area (Å²) >= 11 is 0. The maximum absolute atomic E-state index is 10.2. The van der Waals surface area contributed by atoms with Gasteiger partial charge in [0.1, 0.15) is 0 Å². The van der Waals surface area contributed by atoms with Gasteiger partial charge in [-0.1, -0.05) is 13.0 Å². The molecule has 1 aromatic rings. The van der Waals surface area contributed by atoms with E-state index in [1.807, 2.05) is 6.92 Å². The van der Waals surface area contributed by atoms with Crippen LogP contribution in [0.3, 0.4) is 0 Å². The van der Waals surface area contributed by atoms with Crippen molar-refractivity contribution in [3.05, 3.63) is 48.4 Å². The van der Waals surface area contributed by atoms with Gasteiger partial charge >= 0.3 is 0 Å². The van der Waals surface area contributed by atoms with Crippen molar-refractivity contribution in [3.63, 3.8) is 0 Å². The van der Waals surface area contributed by atoms with Crippen molar-refractivity contribution in [2.45, 2.75) is 13.3 Å². The second-order valence-corrected chi connectivity index (χ2v) is 2.40. The van der Waals surface area contributed by atoms with E-state index in [-0.39, 0.29) is 38.4 Å². The first-order chi connectivity index (χ1) is 6.65. The topological polar surface area (TPSA) is 52.4 Å². The monoisotopic (exact) mass is 284 g/mol. The average molecular weight is 284 g/mol. The van der Waals surface area contributed by atoms with Crippen molar-refractivity contribution < 1.29 is 42.4 Å². The van der Waals surface area contributed by atoms with Gasteiger partial charge < -0.3 is 11.7 Å². The number of nitro groups is 1. The molecule has 0 atom stereocenters. The Morgan fingerprint density at radius 1 is 1.53 bits per heavy atom. The van der Waals surface area contributed by atoms with Crippen LogP contribution >= 0.6 is 0 Å². The number of ether oxygens (including phenoxy) is 1. The molecule has 81 valence electrons. The molecule has 0 saturated carbocycles. The number of hydrogen-bond donors (Lipinski definition) is 0. The molecule has 0 spiro atoms. The predicted molar refractivity (Wildman–Crippen MR) is 54.7 cm³/mol. The summed E-state index contributed by atoms with van der Waals surface area (Å²) in [4.78, 5) is 9.72. The summed E-state index contributed by atoms with van der Waals surface area (Å²) in [5.74, 6) is 0.388. The molecule has 4 nitrogen and oxygen atoms in total. The first kappa shape index (κ1) is 16.9. The quantitative estimate of drug-likeness (QED) is 0.476. The molecule has 0 aliphatic heterocycles. The van der Waals surface area contributed by atoms with Crippen molar-refractivity contribution in [2.75, 3.05) is 0 Å². The number of nitrogens with zero attached hydrogens (tertiary/aromatic N) is 1. The number of nitro benzene ring substituents is 1. The minimum Gasteiger partial charge on any atom is -0.665 e. The summed E-state index contributed by atoms with van der Waals surface area (Å²) in [6.07, 6.45) is 1.00. The minimum absolute atomic E-state index is 0. The van der Waals surface area contributed by atoms with Crippen LogP contribution in [-0.4, -0.2) is 4.92 Å². The van der Waals surface area contributed by atoms with Crippen molar-refractivity contribution in [2.24, 2.45) is 0 Å². The molecule has 0 bridgehead atoms. The molecule has 0 aromatic heterocycles. The Balaban J connectivity index is 0. The van der Waals surface area contributed by atoms with E-state index in [0.717, 1.165) is 6.42 Å². The van der Waals surface area contributed by atoms with E-state index >= 15 is 0 Å². The van der Waals surface area contributed by atoms with Gasteiger partial charge in [0.25, 0.3) is 5.69 Å². The maximum Gasteiger partial charge on any atom is 0.273 e. The first-order valence-electron chi connectivity index (χ1n) is 4.11. The van der Waals surface area contributed by atoms with Gasteiger partial charge in [0.05, 0.1) is 16.7 Å². The summed E-state index contributed by atoms with van der Waals surface area (Å²) in [7, 11) is 3.13. The second-order valence-electron chi connectivity index (χ2n) is 2.40. The van der Waals surface area contributed by atoms with Crippen molar-refractivity contribution in [1.29, 1.82) is 0 Å². The summed E-state index contributed by atoms with van der Waals surface area (Å²) in [6.45, 7) is 5.50. The molecule has 15 heavy (non-hydrogen) atoms. The number of rotatable bonds is 2.